The molecule has 0 unspecified atom stereocenters. The zero-order valence-corrected chi connectivity index (χ0v) is 19.7. The van der Waals surface area contributed by atoms with Crippen molar-refractivity contribution in [1.29, 1.82) is 0 Å². The van der Waals surface area contributed by atoms with E-state index in [1.165, 1.54) is 10.0 Å². The third-order valence-electron chi connectivity index (χ3n) is 5.36. The highest BCUT2D eigenvalue weighted by atomic mass is 32.2. The maximum absolute atomic E-state index is 13.3. The summed E-state index contributed by atoms with van der Waals surface area (Å²) in [6, 6.07) is 16.0. The first-order valence-corrected chi connectivity index (χ1v) is 12.1. The van der Waals surface area contributed by atoms with E-state index in [9.17, 15) is 9.35 Å². The van der Waals surface area contributed by atoms with Gasteiger partial charge in [0.1, 0.15) is 28.4 Å². The third-order valence-corrected chi connectivity index (χ3v) is 7.03. The molecule has 0 N–H and O–H groups in total. The minimum Gasteiger partial charge on any atom is -0.591 e. The lowest BCUT2D eigenvalue weighted by atomic mass is 9.81. The van der Waals surface area contributed by atoms with Crippen molar-refractivity contribution < 1.29 is 18.9 Å². The SMILES string of the molecule is CCOC(=O)C[C@@H]1CCCc2ccc(N(OCc3ccccc3)[S@+]([O-])C(C)(C)C)cc21. The molecule has 0 saturated carbocycles. The van der Waals surface area contributed by atoms with Crippen molar-refractivity contribution >= 4 is 23.0 Å². The second kappa shape index (κ2) is 10.5. The predicted octanol–water partition coefficient (Wildman–Crippen LogP) is 5.46. The summed E-state index contributed by atoms with van der Waals surface area (Å²) in [6.07, 6.45) is 3.36. The van der Waals surface area contributed by atoms with E-state index in [0.717, 1.165) is 36.1 Å². The molecule has 0 heterocycles. The van der Waals surface area contributed by atoms with E-state index in [-0.39, 0.29) is 11.9 Å². The van der Waals surface area contributed by atoms with Gasteiger partial charge < -0.3 is 9.29 Å². The van der Waals surface area contributed by atoms with Crippen LogP contribution in [0.15, 0.2) is 48.5 Å². The Labute approximate surface area is 189 Å². The van der Waals surface area contributed by atoms with Gasteiger partial charge >= 0.3 is 5.97 Å². The monoisotopic (exact) mass is 443 g/mol. The van der Waals surface area contributed by atoms with E-state index in [2.05, 4.69) is 6.07 Å². The van der Waals surface area contributed by atoms with Crippen LogP contribution in [-0.2, 0) is 38.8 Å². The van der Waals surface area contributed by atoms with Crippen LogP contribution in [0.5, 0.6) is 0 Å². The lowest BCUT2D eigenvalue weighted by Crippen LogP contribution is -2.43. The Bertz CT molecular complexity index is 866. The van der Waals surface area contributed by atoms with Gasteiger partial charge in [-0.3, -0.25) is 4.79 Å². The van der Waals surface area contributed by atoms with Crippen LogP contribution in [-0.4, -0.2) is 21.9 Å². The molecule has 2 atom stereocenters. The minimum atomic E-state index is -1.41. The molecule has 0 aromatic heterocycles. The molecular formula is C25H33NO4S. The lowest BCUT2D eigenvalue weighted by molar-refractivity contribution is -0.143. The van der Waals surface area contributed by atoms with Crippen molar-refractivity contribution in [3.8, 4) is 0 Å². The maximum Gasteiger partial charge on any atom is 0.306 e. The summed E-state index contributed by atoms with van der Waals surface area (Å²) in [5, 5.41) is 0. The van der Waals surface area contributed by atoms with Gasteiger partial charge in [0.05, 0.1) is 13.0 Å². The van der Waals surface area contributed by atoms with Crippen LogP contribution < -0.4 is 4.47 Å². The van der Waals surface area contributed by atoms with Crippen molar-refractivity contribution in [2.75, 3.05) is 11.1 Å². The molecule has 0 aliphatic heterocycles. The molecule has 0 amide bonds. The summed E-state index contributed by atoms with van der Waals surface area (Å²) in [6.45, 7) is 8.35. The van der Waals surface area contributed by atoms with Crippen LogP contribution in [0.4, 0.5) is 5.69 Å². The quantitative estimate of drug-likeness (QED) is 0.308. The topological polar surface area (TPSA) is 61.8 Å². The first-order valence-electron chi connectivity index (χ1n) is 11.0. The van der Waals surface area contributed by atoms with Gasteiger partial charge in [-0.25, -0.2) is 4.84 Å². The van der Waals surface area contributed by atoms with Crippen molar-refractivity contribution in [3.05, 3.63) is 65.2 Å². The van der Waals surface area contributed by atoms with Crippen molar-refractivity contribution in [2.24, 2.45) is 0 Å². The number of carbonyl (C=O) groups excluding carboxylic acids is 1. The predicted molar refractivity (Wildman–Crippen MR) is 125 cm³/mol. The molecule has 2 aromatic rings. The Kier molecular flexibility index (Phi) is 8.03. The van der Waals surface area contributed by atoms with Gasteiger partial charge in [0.2, 0.25) is 0 Å². The minimum absolute atomic E-state index is 0.113. The smallest absolute Gasteiger partial charge is 0.306 e. The Balaban J connectivity index is 1.88. The van der Waals surface area contributed by atoms with Gasteiger partial charge in [0.25, 0.3) is 0 Å². The Morgan fingerprint density at radius 1 is 1.19 bits per heavy atom. The first kappa shape index (κ1) is 23.6. The van der Waals surface area contributed by atoms with Crippen LogP contribution in [0.3, 0.4) is 0 Å². The van der Waals surface area contributed by atoms with Gasteiger partial charge in [-0.2, -0.15) is 0 Å². The van der Waals surface area contributed by atoms with E-state index in [4.69, 9.17) is 9.57 Å². The third kappa shape index (κ3) is 6.25. The molecule has 168 valence electrons. The molecule has 5 nitrogen and oxygen atoms in total. The molecule has 2 aromatic carbocycles. The fourth-order valence-corrected chi connectivity index (χ4v) is 4.76. The average molecular weight is 444 g/mol. The summed E-state index contributed by atoms with van der Waals surface area (Å²) >= 11 is -1.41. The number of ether oxygens (including phenoxy) is 1. The fraction of sp³-hybridized carbons (Fsp3) is 0.480. The van der Waals surface area contributed by atoms with E-state index in [1.807, 2.05) is 70.2 Å². The Hall–Kier alpha value is -2.02. The molecule has 0 radical (unpaired) electrons. The first-order chi connectivity index (χ1) is 14.8. The lowest BCUT2D eigenvalue weighted by Gasteiger charge is -2.33. The second-order valence-corrected chi connectivity index (χ2v) is 10.9. The fourth-order valence-electron chi connectivity index (χ4n) is 3.81. The number of esters is 1. The number of nitrogens with zero attached hydrogens (tertiary/aromatic N) is 1. The summed E-state index contributed by atoms with van der Waals surface area (Å²) in [5.41, 5.74) is 4.14. The average Bonchev–Trinajstić information content (AvgIpc) is 2.74. The molecule has 0 bridgehead atoms. The molecule has 0 saturated heterocycles. The molecule has 6 heteroatoms. The summed E-state index contributed by atoms with van der Waals surface area (Å²) < 4.78 is 19.6. The number of hydrogen-bond acceptors (Lipinski definition) is 5. The summed E-state index contributed by atoms with van der Waals surface area (Å²) in [7, 11) is 0. The van der Waals surface area contributed by atoms with E-state index in [1.54, 1.807) is 0 Å². The van der Waals surface area contributed by atoms with Crippen LogP contribution in [0.2, 0.25) is 0 Å². The van der Waals surface area contributed by atoms with E-state index >= 15 is 0 Å². The molecule has 1 aliphatic carbocycles. The molecule has 3 rings (SSSR count). The molecule has 0 fully saturated rings. The van der Waals surface area contributed by atoms with Crippen LogP contribution in [0, 0.1) is 0 Å². The van der Waals surface area contributed by atoms with E-state index < -0.39 is 16.1 Å². The van der Waals surface area contributed by atoms with Gasteiger partial charge in [0, 0.05) is 0 Å². The van der Waals surface area contributed by atoms with Gasteiger partial charge in [-0.15, -0.1) is 0 Å². The van der Waals surface area contributed by atoms with Crippen LogP contribution in [0.1, 0.15) is 69.6 Å². The highest BCUT2D eigenvalue weighted by Gasteiger charge is 2.36. The highest BCUT2D eigenvalue weighted by Crippen LogP contribution is 2.38. The zero-order valence-electron chi connectivity index (χ0n) is 18.9. The Morgan fingerprint density at radius 3 is 2.61 bits per heavy atom. The van der Waals surface area contributed by atoms with Gasteiger partial charge in [-0.05, 0) is 81.7 Å². The van der Waals surface area contributed by atoms with Crippen molar-refractivity contribution in [2.45, 2.75) is 70.7 Å². The van der Waals surface area contributed by atoms with Crippen LogP contribution >= 0.6 is 0 Å². The number of hydrogen-bond donors (Lipinski definition) is 0. The van der Waals surface area contributed by atoms with Crippen LogP contribution in [0.25, 0.3) is 0 Å². The number of fused-ring (bicyclic) bond motifs is 1. The van der Waals surface area contributed by atoms with Crippen molar-refractivity contribution in [3.63, 3.8) is 0 Å². The number of aryl methyl sites for hydroxylation is 1. The van der Waals surface area contributed by atoms with E-state index in [0.29, 0.717) is 19.6 Å². The number of rotatable bonds is 8. The Morgan fingerprint density at radius 2 is 1.94 bits per heavy atom. The molecular weight excluding hydrogens is 410 g/mol. The highest BCUT2D eigenvalue weighted by molar-refractivity contribution is 7.93. The number of benzene rings is 2. The standard InChI is InChI=1S/C25H33NO4S/c1-5-29-24(27)16-21-13-9-12-20-14-15-22(17-23(20)21)26(31(28)25(2,3)4)30-18-19-10-7-6-8-11-19/h6-8,10-11,14-15,17,21H,5,9,12-13,16,18H2,1-4H3/t21-,31+/m0/s1. The molecule has 31 heavy (non-hydrogen) atoms. The summed E-state index contributed by atoms with van der Waals surface area (Å²) in [4.78, 5) is 18.2. The molecule has 1 aliphatic rings. The zero-order chi connectivity index (χ0) is 22.4. The number of anilines is 1. The number of carbonyl (C=O) groups is 1. The normalized spacial score (nSPS) is 17.0. The van der Waals surface area contributed by atoms with Gasteiger partial charge in [0.15, 0.2) is 0 Å². The maximum atomic E-state index is 13.3. The second-order valence-electron chi connectivity index (χ2n) is 8.86. The van der Waals surface area contributed by atoms with Crippen molar-refractivity contribution in [1.82, 2.24) is 0 Å². The molecule has 0 spiro atoms. The summed E-state index contributed by atoms with van der Waals surface area (Å²) in [5.74, 6) is -0.0528. The largest absolute Gasteiger partial charge is 0.591 e. The van der Waals surface area contributed by atoms with Gasteiger partial charge in [-0.1, -0.05) is 40.9 Å².